The number of alkyl halides is 1. The Bertz CT molecular complexity index is 536. The van der Waals surface area contributed by atoms with Crippen LogP contribution in [0.5, 0.6) is 0 Å². The molecular formula is C10H10ClN3O2. The van der Waals surface area contributed by atoms with Crippen LogP contribution >= 0.6 is 11.6 Å². The van der Waals surface area contributed by atoms with E-state index in [0.717, 1.165) is 0 Å². The maximum absolute atomic E-state index is 11.3. The molecular weight excluding hydrogens is 230 g/mol. The molecule has 0 saturated heterocycles. The number of aromatic amines is 1. The van der Waals surface area contributed by atoms with E-state index in [-0.39, 0.29) is 5.38 Å². The second-order valence-electron chi connectivity index (χ2n) is 3.32. The third kappa shape index (κ3) is 1.86. The van der Waals surface area contributed by atoms with Crippen molar-refractivity contribution in [1.29, 1.82) is 0 Å². The molecule has 1 atom stereocenters. The summed E-state index contributed by atoms with van der Waals surface area (Å²) in [4.78, 5) is 22.5. The van der Waals surface area contributed by atoms with Gasteiger partial charge in [0.2, 0.25) is 0 Å². The molecule has 0 spiro atoms. The van der Waals surface area contributed by atoms with Crippen molar-refractivity contribution in [2.24, 2.45) is 0 Å². The summed E-state index contributed by atoms with van der Waals surface area (Å²) in [6, 6.07) is 1.64. The molecule has 84 valence electrons. The number of rotatable bonds is 2. The fourth-order valence-corrected chi connectivity index (χ4v) is 1.44. The van der Waals surface area contributed by atoms with Crippen molar-refractivity contribution >= 4 is 28.7 Å². The number of carbonyl (C=O) groups excluding carboxylic acids is 1. The summed E-state index contributed by atoms with van der Waals surface area (Å²) >= 11 is 5.89. The number of pyridine rings is 1. The summed E-state index contributed by atoms with van der Waals surface area (Å²) in [5, 5.41) is -0.226. The summed E-state index contributed by atoms with van der Waals surface area (Å²) in [5.41, 5.74) is 1.59. The number of hydrogen-bond donors (Lipinski definition) is 1. The number of nitrogens with one attached hydrogen (secondary N) is 1. The second-order valence-corrected chi connectivity index (χ2v) is 3.98. The topological polar surface area (TPSA) is 67.9 Å². The lowest BCUT2D eigenvalue weighted by Gasteiger charge is -1.96. The van der Waals surface area contributed by atoms with Crippen molar-refractivity contribution in [3.63, 3.8) is 0 Å². The zero-order valence-electron chi connectivity index (χ0n) is 8.82. The minimum absolute atomic E-state index is 0.226. The number of hydrogen-bond acceptors (Lipinski definition) is 4. The van der Waals surface area contributed by atoms with Crippen molar-refractivity contribution in [2.45, 2.75) is 12.3 Å². The minimum Gasteiger partial charge on any atom is -0.465 e. The zero-order valence-corrected chi connectivity index (χ0v) is 9.58. The van der Waals surface area contributed by atoms with Crippen LogP contribution in [-0.4, -0.2) is 28.0 Å². The molecule has 2 heterocycles. The van der Waals surface area contributed by atoms with Crippen LogP contribution in [0.25, 0.3) is 11.2 Å². The van der Waals surface area contributed by atoms with Crippen LogP contribution in [0.2, 0.25) is 0 Å². The van der Waals surface area contributed by atoms with Gasteiger partial charge in [-0.3, -0.25) is 0 Å². The molecule has 0 radical (unpaired) electrons. The van der Waals surface area contributed by atoms with Crippen LogP contribution in [-0.2, 0) is 4.74 Å². The largest absolute Gasteiger partial charge is 0.465 e. The van der Waals surface area contributed by atoms with E-state index in [0.29, 0.717) is 22.6 Å². The lowest BCUT2D eigenvalue weighted by molar-refractivity contribution is 0.0600. The number of ether oxygens (including phenoxy) is 1. The molecule has 0 saturated carbocycles. The molecule has 0 bridgehead atoms. The summed E-state index contributed by atoms with van der Waals surface area (Å²) < 4.78 is 4.60. The van der Waals surface area contributed by atoms with Crippen LogP contribution in [0.15, 0.2) is 12.3 Å². The van der Waals surface area contributed by atoms with E-state index in [4.69, 9.17) is 11.6 Å². The number of carbonyl (C=O) groups is 1. The molecule has 0 amide bonds. The molecule has 0 aromatic carbocycles. The van der Waals surface area contributed by atoms with Gasteiger partial charge in [-0.25, -0.2) is 14.8 Å². The molecule has 5 nitrogen and oxygen atoms in total. The standard InChI is InChI=1S/C10H10ClN3O2/c1-5(11)8-13-7-3-6(10(15)16-2)4-12-9(7)14-8/h3-5H,1-2H3,(H,12,13,14). The molecule has 1 N–H and O–H groups in total. The molecule has 2 aromatic rings. The van der Waals surface area contributed by atoms with Gasteiger partial charge in [-0.15, -0.1) is 11.6 Å². The van der Waals surface area contributed by atoms with E-state index in [1.165, 1.54) is 13.3 Å². The van der Waals surface area contributed by atoms with E-state index in [1.54, 1.807) is 13.0 Å². The summed E-state index contributed by atoms with van der Waals surface area (Å²) in [6.45, 7) is 1.81. The molecule has 2 rings (SSSR count). The third-order valence-electron chi connectivity index (χ3n) is 2.15. The zero-order chi connectivity index (χ0) is 11.7. The Hall–Kier alpha value is -1.62. The number of methoxy groups -OCH3 is 1. The molecule has 0 aliphatic heterocycles. The number of esters is 1. The van der Waals surface area contributed by atoms with Crippen molar-refractivity contribution in [2.75, 3.05) is 7.11 Å². The highest BCUT2D eigenvalue weighted by Gasteiger charge is 2.12. The first kappa shape index (κ1) is 10.9. The third-order valence-corrected chi connectivity index (χ3v) is 2.36. The van der Waals surface area contributed by atoms with Gasteiger partial charge >= 0.3 is 5.97 Å². The van der Waals surface area contributed by atoms with Gasteiger partial charge in [-0.05, 0) is 13.0 Å². The van der Waals surface area contributed by atoms with E-state index >= 15 is 0 Å². The van der Waals surface area contributed by atoms with E-state index in [9.17, 15) is 4.79 Å². The number of aromatic nitrogens is 3. The first-order valence-electron chi connectivity index (χ1n) is 4.70. The highest BCUT2D eigenvalue weighted by Crippen LogP contribution is 2.19. The Morgan fingerprint density at radius 3 is 3.00 bits per heavy atom. The monoisotopic (exact) mass is 239 g/mol. The smallest absolute Gasteiger partial charge is 0.339 e. The predicted molar refractivity (Wildman–Crippen MR) is 59.5 cm³/mol. The van der Waals surface area contributed by atoms with Crippen molar-refractivity contribution < 1.29 is 9.53 Å². The predicted octanol–water partition coefficient (Wildman–Crippen LogP) is 2.04. The lowest BCUT2D eigenvalue weighted by Crippen LogP contribution is -2.01. The van der Waals surface area contributed by atoms with Crippen LogP contribution in [0, 0.1) is 0 Å². The Balaban J connectivity index is 2.49. The maximum Gasteiger partial charge on any atom is 0.339 e. The van der Waals surface area contributed by atoms with Gasteiger partial charge in [0, 0.05) is 6.20 Å². The van der Waals surface area contributed by atoms with E-state index in [1.807, 2.05) is 0 Å². The second kappa shape index (κ2) is 4.09. The molecule has 2 aromatic heterocycles. The van der Waals surface area contributed by atoms with Gasteiger partial charge in [0.1, 0.15) is 5.82 Å². The van der Waals surface area contributed by atoms with Gasteiger partial charge in [0.25, 0.3) is 0 Å². The first-order chi connectivity index (χ1) is 7.61. The van der Waals surface area contributed by atoms with Crippen LogP contribution in [0.1, 0.15) is 28.5 Å². The Kier molecular flexibility index (Phi) is 2.78. The number of nitrogens with zero attached hydrogens (tertiary/aromatic N) is 2. The highest BCUT2D eigenvalue weighted by molar-refractivity contribution is 6.20. The van der Waals surface area contributed by atoms with Gasteiger partial charge < -0.3 is 9.72 Å². The summed E-state index contributed by atoms with van der Waals surface area (Å²) in [5.74, 6) is 0.204. The molecule has 1 unspecified atom stereocenters. The Labute approximate surface area is 96.8 Å². The van der Waals surface area contributed by atoms with Crippen LogP contribution < -0.4 is 0 Å². The van der Waals surface area contributed by atoms with E-state index in [2.05, 4.69) is 19.7 Å². The normalized spacial score (nSPS) is 12.7. The highest BCUT2D eigenvalue weighted by atomic mass is 35.5. The number of imidazole rings is 1. The number of H-pyrrole nitrogens is 1. The summed E-state index contributed by atoms with van der Waals surface area (Å²) in [6.07, 6.45) is 1.43. The average molecular weight is 240 g/mol. The fraction of sp³-hybridized carbons (Fsp3) is 0.300. The molecule has 16 heavy (non-hydrogen) atoms. The maximum atomic E-state index is 11.3. The Morgan fingerprint density at radius 2 is 2.38 bits per heavy atom. The van der Waals surface area contributed by atoms with Crippen molar-refractivity contribution in [3.05, 3.63) is 23.7 Å². The molecule has 0 fully saturated rings. The summed E-state index contributed by atoms with van der Waals surface area (Å²) in [7, 11) is 1.33. The minimum atomic E-state index is -0.426. The Morgan fingerprint density at radius 1 is 1.62 bits per heavy atom. The van der Waals surface area contributed by atoms with Gasteiger partial charge in [-0.2, -0.15) is 0 Å². The average Bonchev–Trinajstić information content (AvgIpc) is 2.70. The molecule has 0 aliphatic carbocycles. The van der Waals surface area contributed by atoms with Gasteiger partial charge in [-0.1, -0.05) is 0 Å². The van der Waals surface area contributed by atoms with E-state index < -0.39 is 5.97 Å². The first-order valence-corrected chi connectivity index (χ1v) is 5.13. The number of fused-ring (bicyclic) bond motifs is 1. The van der Waals surface area contributed by atoms with Crippen molar-refractivity contribution in [3.8, 4) is 0 Å². The molecule has 6 heteroatoms. The molecule has 0 aliphatic rings. The fourth-order valence-electron chi connectivity index (χ4n) is 1.34. The lowest BCUT2D eigenvalue weighted by atomic mass is 10.3. The SMILES string of the molecule is COC(=O)c1cnc2nc(C(C)Cl)[nH]c2c1. The van der Waals surface area contributed by atoms with Gasteiger partial charge in [0.05, 0.1) is 23.6 Å². The quantitative estimate of drug-likeness (QED) is 0.643. The number of halogens is 1. The van der Waals surface area contributed by atoms with Crippen molar-refractivity contribution in [1.82, 2.24) is 15.0 Å². The van der Waals surface area contributed by atoms with Crippen LogP contribution in [0.4, 0.5) is 0 Å². The van der Waals surface area contributed by atoms with Gasteiger partial charge in [0.15, 0.2) is 5.65 Å². The van der Waals surface area contributed by atoms with Crippen LogP contribution in [0.3, 0.4) is 0 Å².